The summed E-state index contributed by atoms with van der Waals surface area (Å²) in [4.78, 5) is 12.4. The van der Waals surface area contributed by atoms with E-state index in [4.69, 9.17) is 5.73 Å². The topological polar surface area (TPSA) is 55.1 Å². The highest BCUT2D eigenvalue weighted by Gasteiger charge is 2.41. The molecule has 0 aromatic carbocycles. The van der Waals surface area contributed by atoms with Gasteiger partial charge in [-0.2, -0.15) is 0 Å². The fourth-order valence-corrected chi connectivity index (χ4v) is 4.75. The molecule has 19 heavy (non-hydrogen) atoms. The molecular formula is C16H28N2O. The quantitative estimate of drug-likeness (QED) is 0.819. The molecule has 2 bridgehead atoms. The standard InChI is InChI=1S/C16H28N2O/c17-7-6-11-2-1-3-14(8-11)16(19)18-15-10-12-4-5-13(15)9-12/h11-15H,1-10,17H2,(H,18,19). The SMILES string of the molecule is NCCC1CCCC(C(=O)NC2CC3CCC2C3)C1. The molecule has 3 saturated carbocycles. The Morgan fingerprint density at radius 1 is 1.11 bits per heavy atom. The molecule has 3 rings (SSSR count). The number of carbonyl (C=O) groups is 1. The van der Waals surface area contributed by atoms with Crippen LogP contribution in [0.25, 0.3) is 0 Å². The average molecular weight is 264 g/mol. The third kappa shape index (κ3) is 2.96. The van der Waals surface area contributed by atoms with Crippen molar-refractivity contribution in [2.45, 2.75) is 63.8 Å². The molecule has 0 heterocycles. The average Bonchev–Trinajstić information content (AvgIpc) is 3.02. The second-order valence-electron chi connectivity index (χ2n) is 7.10. The first-order chi connectivity index (χ1) is 9.26. The van der Waals surface area contributed by atoms with Gasteiger partial charge >= 0.3 is 0 Å². The van der Waals surface area contributed by atoms with Crippen LogP contribution in [0.4, 0.5) is 0 Å². The van der Waals surface area contributed by atoms with Gasteiger partial charge in [0.15, 0.2) is 0 Å². The van der Waals surface area contributed by atoms with Crippen LogP contribution in [0.15, 0.2) is 0 Å². The van der Waals surface area contributed by atoms with Crippen molar-refractivity contribution in [1.82, 2.24) is 5.32 Å². The predicted molar refractivity (Wildman–Crippen MR) is 76.5 cm³/mol. The molecule has 3 aliphatic rings. The Morgan fingerprint density at radius 3 is 2.68 bits per heavy atom. The maximum atomic E-state index is 12.4. The third-order valence-electron chi connectivity index (χ3n) is 5.79. The van der Waals surface area contributed by atoms with E-state index in [1.165, 1.54) is 38.5 Å². The molecule has 3 N–H and O–H groups in total. The van der Waals surface area contributed by atoms with Gasteiger partial charge in [0.1, 0.15) is 0 Å². The summed E-state index contributed by atoms with van der Waals surface area (Å²) in [6.07, 6.45) is 11.1. The normalized spacial score (nSPS) is 41.4. The van der Waals surface area contributed by atoms with Gasteiger partial charge in [-0.25, -0.2) is 0 Å². The van der Waals surface area contributed by atoms with E-state index in [-0.39, 0.29) is 5.92 Å². The third-order valence-corrected chi connectivity index (χ3v) is 5.79. The number of nitrogens with one attached hydrogen (secondary N) is 1. The van der Waals surface area contributed by atoms with Gasteiger partial charge in [0, 0.05) is 12.0 Å². The molecule has 1 amide bonds. The van der Waals surface area contributed by atoms with Crippen LogP contribution >= 0.6 is 0 Å². The zero-order valence-electron chi connectivity index (χ0n) is 11.9. The fourth-order valence-electron chi connectivity index (χ4n) is 4.75. The highest BCUT2D eigenvalue weighted by Crippen LogP contribution is 2.44. The Kier molecular flexibility index (Phi) is 4.11. The minimum atomic E-state index is 0.268. The lowest BCUT2D eigenvalue weighted by Gasteiger charge is -2.30. The molecular weight excluding hydrogens is 236 g/mol. The minimum absolute atomic E-state index is 0.268. The van der Waals surface area contributed by atoms with Gasteiger partial charge in [0.2, 0.25) is 5.91 Å². The number of hydrogen-bond acceptors (Lipinski definition) is 2. The first-order valence-corrected chi connectivity index (χ1v) is 8.26. The zero-order chi connectivity index (χ0) is 13.2. The van der Waals surface area contributed by atoms with Crippen molar-refractivity contribution in [1.29, 1.82) is 0 Å². The second kappa shape index (κ2) is 5.82. The lowest BCUT2D eigenvalue weighted by atomic mass is 9.79. The monoisotopic (exact) mass is 264 g/mol. The number of hydrogen-bond donors (Lipinski definition) is 2. The van der Waals surface area contributed by atoms with Gasteiger partial charge < -0.3 is 11.1 Å². The maximum Gasteiger partial charge on any atom is 0.223 e. The van der Waals surface area contributed by atoms with Crippen molar-refractivity contribution in [3.05, 3.63) is 0 Å². The Hall–Kier alpha value is -0.570. The van der Waals surface area contributed by atoms with E-state index in [0.29, 0.717) is 17.9 Å². The molecule has 3 heteroatoms. The molecule has 3 fully saturated rings. The molecule has 0 aromatic rings. The van der Waals surface area contributed by atoms with Gasteiger partial charge in [-0.15, -0.1) is 0 Å². The van der Waals surface area contributed by atoms with Crippen molar-refractivity contribution in [2.24, 2.45) is 29.4 Å². The summed E-state index contributed by atoms with van der Waals surface area (Å²) in [6.45, 7) is 0.769. The van der Waals surface area contributed by atoms with Crippen molar-refractivity contribution in [2.75, 3.05) is 6.54 Å². The molecule has 3 nitrogen and oxygen atoms in total. The lowest BCUT2D eigenvalue weighted by Crippen LogP contribution is -2.43. The van der Waals surface area contributed by atoms with E-state index in [1.807, 2.05) is 0 Å². The van der Waals surface area contributed by atoms with Crippen LogP contribution in [0.2, 0.25) is 0 Å². The molecule has 3 aliphatic carbocycles. The Balaban J connectivity index is 1.49. The number of amides is 1. The summed E-state index contributed by atoms with van der Waals surface area (Å²) >= 11 is 0. The Labute approximate surface area is 116 Å². The molecule has 0 aromatic heterocycles. The fraction of sp³-hybridized carbons (Fsp3) is 0.938. The van der Waals surface area contributed by atoms with Crippen LogP contribution < -0.4 is 11.1 Å². The van der Waals surface area contributed by atoms with Crippen molar-refractivity contribution in [3.8, 4) is 0 Å². The van der Waals surface area contributed by atoms with Gasteiger partial charge in [-0.1, -0.05) is 19.3 Å². The summed E-state index contributed by atoms with van der Waals surface area (Å²) < 4.78 is 0. The summed E-state index contributed by atoms with van der Waals surface area (Å²) in [5.74, 6) is 3.00. The first kappa shape index (κ1) is 13.4. The van der Waals surface area contributed by atoms with Crippen LogP contribution in [0.5, 0.6) is 0 Å². The number of rotatable bonds is 4. The van der Waals surface area contributed by atoms with Crippen molar-refractivity contribution < 1.29 is 4.79 Å². The maximum absolute atomic E-state index is 12.4. The van der Waals surface area contributed by atoms with Gasteiger partial charge in [-0.05, 0) is 62.8 Å². The van der Waals surface area contributed by atoms with E-state index in [2.05, 4.69) is 5.32 Å². The van der Waals surface area contributed by atoms with E-state index in [1.54, 1.807) is 0 Å². The van der Waals surface area contributed by atoms with Gasteiger partial charge in [0.05, 0.1) is 0 Å². The summed E-state index contributed by atoms with van der Waals surface area (Å²) in [5, 5.41) is 3.37. The van der Waals surface area contributed by atoms with E-state index in [9.17, 15) is 4.79 Å². The Morgan fingerprint density at radius 2 is 2.00 bits per heavy atom. The molecule has 0 saturated heterocycles. The molecule has 0 radical (unpaired) electrons. The number of fused-ring (bicyclic) bond motifs is 2. The largest absolute Gasteiger partial charge is 0.353 e. The smallest absolute Gasteiger partial charge is 0.223 e. The highest BCUT2D eigenvalue weighted by atomic mass is 16.1. The predicted octanol–water partition coefficient (Wildman–Crippen LogP) is 2.45. The summed E-state index contributed by atoms with van der Waals surface area (Å²) in [5.41, 5.74) is 5.65. The van der Waals surface area contributed by atoms with E-state index in [0.717, 1.165) is 37.6 Å². The molecule has 5 unspecified atom stereocenters. The van der Waals surface area contributed by atoms with Gasteiger partial charge in [-0.3, -0.25) is 4.79 Å². The molecule has 0 aliphatic heterocycles. The minimum Gasteiger partial charge on any atom is -0.353 e. The van der Waals surface area contributed by atoms with Crippen LogP contribution in [0.3, 0.4) is 0 Å². The zero-order valence-corrected chi connectivity index (χ0v) is 11.9. The van der Waals surface area contributed by atoms with Crippen LogP contribution in [0.1, 0.15) is 57.8 Å². The van der Waals surface area contributed by atoms with Crippen molar-refractivity contribution >= 4 is 5.91 Å². The number of carbonyl (C=O) groups excluding carboxylic acids is 1. The summed E-state index contributed by atoms with van der Waals surface area (Å²) in [7, 11) is 0. The van der Waals surface area contributed by atoms with Crippen LogP contribution in [-0.2, 0) is 4.79 Å². The van der Waals surface area contributed by atoms with Crippen LogP contribution in [0, 0.1) is 23.7 Å². The van der Waals surface area contributed by atoms with Gasteiger partial charge in [0.25, 0.3) is 0 Å². The second-order valence-corrected chi connectivity index (χ2v) is 7.10. The van der Waals surface area contributed by atoms with E-state index >= 15 is 0 Å². The Bertz CT molecular complexity index is 329. The first-order valence-electron chi connectivity index (χ1n) is 8.26. The van der Waals surface area contributed by atoms with E-state index < -0.39 is 0 Å². The van der Waals surface area contributed by atoms with Crippen molar-refractivity contribution in [3.63, 3.8) is 0 Å². The highest BCUT2D eigenvalue weighted by molar-refractivity contribution is 5.79. The number of nitrogens with two attached hydrogens (primary N) is 1. The summed E-state index contributed by atoms with van der Waals surface area (Å²) in [6, 6.07) is 0.501. The molecule has 0 spiro atoms. The molecule has 108 valence electrons. The lowest BCUT2D eigenvalue weighted by molar-refractivity contribution is -0.127. The molecule has 5 atom stereocenters. The van der Waals surface area contributed by atoms with Crippen LogP contribution in [-0.4, -0.2) is 18.5 Å².